The lowest BCUT2D eigenvalue weighted by atomic mass is 10.1. The fraction of sp³-hybridized carbons (Fsp3) is 0.522. The molecule has 0 N–H and O–H groups in total. The summed E-state index contributed by atoms with van der Waals surface area (Å²) in [5.41, 5.74) is 7.20. The lowest BCUT2D eigenvalue weighted by Gasteiger charge is -2.16. The monoisotopic (exact) mass is 774 g/mol. The van der Waals surface area contributed by atoms with E-state index in [2.05, 4.69) is 74.9 Å². The van der Waals surface area contributed by atoms with E-state index >= 15 is 0 Å². The van der Waals surface area contributed by atoms with Gasteiger partial charge in [0, 0.05) is 48.8 Å². The lowest BCUT2D eigenvalue weighted by molar-refractivity contribution is -0.157. The molecule has 0 fully saturated rings. The average Bonchev–Trinajstić information content (AvgIpc) is 3.74. The standard InChI is InChI=1S/2C23H33NO4/c2*1-6-26-22(23(25)27-7-2)16-19-9-11-20(12-10-19)28-15-14-24-18(5)8-13-21(24)17(3)4/h2*8-13,17,22H,6-7,14-16H2,1-5H3. The first-order valence-corrected chi connectivity index (χ1v) is 20.2. The molecule has 4 aromatic rings. The number of hydrogen-bond acceptors (Lipinski definition) is 8. The summed E-state index contributed by atoms with van der Waals surface area (Å²) < 4.78 is 37.7. The number of aromatic nitrogens is 2. The third-order valence-electron chi connectivity index (χ3n) is 9.34. The minimum absolute atomic E-state index is 0.312. The van der Waals surface area contributed by atoms with Gasteiger partial charge in [0.2, 0.25) is 0 Å². The van der Waals surface area contributed by atoms with E-state index in [1.165, 1.54) is 22.8 Å². The zero-order chi connectivity index (χ0) is 41.0. The molecule has 2 heterocycles. The van der Waals surface area contributed by atoms with Crippen LogP contribution in [0.4, 0.5) is 0 Å². The van der Waals surface area contributed by atoms with Gasteiger partial charge in [-0.1, -0.05) is 52.0 Å². The highest BCUT2D eigenvalue weighted by Crippen LogP contribution is 2.21. The van der Waals surface area contributed by atoms with Crippen LogP contribution in [0.3, 0.4) is 0 Å². The molecule has 0 saturated carbocycles. The number of aryl methyl sites for hydroxylation is 2. The smallest absolute Gasteiger partial charge is 0.335 e. The van der Waals surface area contributed by atoms with Gasteiger partial charge < -0.3 is 37.6 Å². The highest BCUT2D eigenvalue weighted by molar-refractivity contribution is 5.75. The molecule has 0 aliphatic carbocycles. The van der Waals surface area contributed by atoms with Gasteiger partial charge in [0.1, 0.15) is 24.7 Å². The van der Waals surface area contributed by atoms with E-state index in [9.17, 15) is 9.59 Å². The van der Waals surface area contributed by atoms with Crippen LogP contribution >= 0.6 is 0 Å². The van der Waals surface area contributed by atoms with Gasteiger partial charge in [0.15, 0.2) is 12.2 Å². The largest absolute Gasteiger partial charge is 0.492 e. The summed E-state index contributed by atoms with van der Waals surface area (Å²) in [6.45, 7) is 24.9. The van der Waals surface area contributed by atoms with Gasteiger partial charge in [-0.15, -0.1) is 0 Å². The Bertz CT molecular complexity index is 1590. The molecule has 2 atom stereocenters. The summed E-state index contributed by atoms with van der Waals surface area (Å²) in [6.07, 6.45) is -0.147. The van der Waals surface area contributed by atoms with E-state index in [4.69, 9.17) is 28.4 Å². The van der Waals surface area contributed by atoms with Gasteiger partial charge in [-0.3, -0.25) is 0 Å². The van der Waals surface area contributed by atoms with Crippen molar-refractivity contribution in [1.82, 2.24) is 9.13 Å². The zero-order valence-corrected chi connectivity index (χ0v) is 35.5. The number of esters is 2. The average molecular weight is 775 g/mol. The summed E-state index contributed by atoms with van der Waals surface area (Å²) in [4.78, 5) is 24.0. The fourth-order valence-corrected chi connectivity index (χ4v) is 6.47. The van der Waals surface area contributed by atoms with Crippen LogP contribution in [-0.2, 0) is 54.5 Å². The van der Waals surface area contributed by atoms with Gasteiger partial charge in [0.05, 0.1) is 26.3 Å². The summed E-state index contributed by atoms with van der Waals surface area (Å²) >= 11 is 0. The summed E-state index contributed by atoms with van der Waals surface area (Å²) in [7, 11) is 0. The van der Waals surface area contributed by atoms with Gasteiger partial charge in [-0.05, 0) is 113 Å². The van der Waals surface area contributed by atoms with Crippen molar-refractivity contribution in [2.75, 3.05) is 39.6 Å². The first-order chi connectivity index (χ1) is 26.9. The molecule has 4 rings (SSSR count). The van der Waals surface area contributed by atoms with Gasteiger partial charge in [0.25, 0.3) is 0 Å². The number of rotatable bonds is 22. The molecular weight excluding hydrogens is 709 g/mol. The Hall–Kier alpha value is -4.54. The van der Waals surface area contributed by atoms with Gasteiger partial charge >= 0.3 is 11.9 Å². The minimum Gasteiger partial charge on any atom is -0.492 e. The zero-order valence-electron chi connectivity index (χ0n) is 35.5. The molecule has 10 heteroatoms. The molecule has 2 aromatic carbocycles. The van der Waals surface area contributed by atoms with Crippen molar-refractivity contribution in [2.24, 2.45) is 0 Å². The molecule has 56 heavy (non-hydrogen) atoms. The van der Waals surface area contributed by atoms with Crippen molar-refractivity contribution in [1.29, 1.82) is 0 Å². The molecule has 308 valence electrons. The maximum atomic E-state index is 12.0. The van der Waals surface area contributed by atoms with Crippen LogP contribution in [0.15, 0.2) is 72.8 Å². The Balaban J connectivity index is 0.000000300. The molecule has 0 radical (unpaired) electrons. The number of ether oxygens (including phenoxy) is 6. The quantitative estimate of drug-likeness (QED) is 0.0730. The van der Waals surface area contributed by atoms with E-state index in [-0.39, 0.29) is 11.9 Å². The normalized spacial score (nSPS) is 12.2. The fourth-order valence-electron chi connectivity index (χ4n) is 6.47. The van der Waals surface area contributed by atoms with Crippen LogP contribution in [0.5, 0.6) is 11.5 Å². The highest BCUT2D eigenvalue weighted by atomic mass is 16.6. The topological polar surface area (TPSA) is 99.4 Å². The van der Waals surface area contributed by atoms with Crippen molar-refractivity contribution in [3.63, 3.8) is 0 Å². The molecule has 2 unspecified atom stereocenters. The second kappa shape index (κ2) is 24.2. The molecule has 0 aliphatic rings. The highest BCUT2D eigenvalue weighted by Gasteiger charge is 2.21. The molecule has 2 aromatic heterocycles. The van der Waals surface area contributed by atoms with E-state index in [0.717, 1.165) is 35.7 Å². The summed E-state index contributed by atoms with van der Waals surface area (Å²) in [5.74, 6) is 2.00. The molecule has 0 spiro atoms. The van der Waals surface area contributed by atoms with E-state index < -0.39 is 12.2 Å². The molecule has 0 saturated heterocycles. The van der Waals surface area contributed by atoms with E-state index in [1.807, 2.05) is 62.4 Å². The Morgan fingerprint density at radius 1 is 0.518 bits per heavy atom. The first kappa shape index (κ1) is 45.8. The van der Waals surface area contributed by atoms with Crippen molar-refractivity contribution in [3.8, 4) is 11.5 Å². The van der Waals surface area contributed by atoms with Crippen molar-refractivity contribution in [2.45, 2.75) is 119 Å². The van der Waals surface area contributed by atoms with Crippen molar-refractivity contribution >= 4 is 11.9 Å². The van der Waals surface area contributed by atoms with Crippen LogP contribution in [0, 0.1) is 13.8 Å². The second-order valence-corrected chi connectivity index (χ2v) is 14.2. The van der Waals surface area contributed by atoms with Crippen LogP contribution < -0.4 is 9.47 Å². The van der Waals surface area contributed by atoms with Crippen LogP contribution in [0.1, 0.15) is 101 Å². The minimum atomic E-state index is -0.567. The molecule has 0 amide bonds. The third-order valence-corrected chi connectivity index (χ3v) is 9.34. The summed E-state index contributed by atoms with van der Waals surface area (Å²) in [6, 6.07) is 24.3. The first-order valence-electron chi connectivity index (χ1n) is 20.2. The number of benzene rings is 2. The summed E-state index contributed by atoms with van der Waals surface area (Å²) in [5, 5.41) is 0. The number of carbonyl (C=O) groups excluding carboxylic acids is 2. The maximum absolute atomic E-state index is 12.0. The predicted octanol–water partition coefficient (Wildman–Crippen LogP) is 9.02. The van der Waals surface area contributed by atoms with E-state index in [1.54, 1.807) is 13.8 Å². The molecule has 0 bridgehead atoms. The lowest BCUT2D eigenvalue weighted by Crippen LogP contribution is -2.28. The number of nitrogens with zero attached hydrogens (tertiary/aromatic N) is 2. The van der Waals surface area contributed by atoms with E-state index in [0.29, 0.717) is 64.3 Å². The van der Waals surface area contributed by atoms with Crippen molar-refractivity contribution in [3.05, 3.63) is 107 Å². The molecule has 0 aliphatic heterocycles. The van der Waals surface area contributed by atoms with Crippen molar-refractivity contribution < 1.29 is 38.0 Å². The number of carbonyl (C=O) groups is 2. The van der Waals surface area contributed by atoms with Crippen LogP contribution in [-0.4, -0.2) is 72.9 Å². The van der Waals surface area contributed by atoms with Crippen LogP contribution in [0.2, 0.25) is 0 Å². The second-order valence-electron chi connectivity index (χ2n) is 14.2. The Morgan fingerprint density at radius 3 is 1.18 bits per heavy atom. The van der Waals surface area contributed by atoms with Gasteiger partial charge in [-0.25, -0.2) is 9.59 Å². The van der Waals surface area contributed by atoms with Gasteiger partial charge in [-0.2, -0.15) is 0 Å². The Morgan fingerprint density at radius 2 is 0.875 bits per heavy atom. The maximum Gasteiger partial charge on any atom is 0.335 e. The molecule has 10 nitrogen and oxygen atoms in total. The number of hydrogen-bond donors (Lipinski definition) is 0. The Labute approximate surface area is 335 Å². The SMILES string of the molecule is CCOC(=O)C(Cc1ccc(OCCn2c(C)ccc2C(C)C)cc1)OCC.CCOC(=O)C(Cc1ccc(OCCn2c(C)ccc2C(C)C)cc1)OCC. The predicted molar refractivity (Wildman–Crippen MR) is 222 cm³/mol. The van der Waals surface area contributed by atoms with Crippen LogP contribution in [0.25, 0.3) is 0 Å². The Kier molecular flexibility index (Phi) is 19.8. The molecular formula is C46H66N2O8. The third kappa shape index (κ3) is 14.5.